The molecule has 170 valence electrons. The number of aromatic nitrogens is 4. The molecule has 0 aliphatic carbocycles. The van der Waals surface area contributed by atoms with E-state index in [1.165, 1.54) is 35.6 Å². The van der Waals surface area contributed by atoms with Crippen LogP contribution in [0.3, 0.4) is 0 Å². The van der Waals surface area contributed by atoms with Crippen molar-refractivity contribution < 1.29 is 27.1 Å². The van der Waals surface area contributed by atoms with Crippen LogP contribution < -0.4 is 15.4 Å². The zero-order chi connectivity index (χ0) is 23.3. The van der Waals surface area contributed by atoms with Crippen LogP contribution in [0.1, 0.15) is 0 Å². The molecule has 2 aromatic carbocycles. The summed E-state index contributed by atoms with van der Waals surface area (Å²) in [4.78, 5) is 12.1. The number of thioether (sulfide) groups is 1. The molecular formula is C19H13F3N6O3S2. The highest BCUT2D eigenvalue weighted by atomic mass is 32.2. The predicted molar refractivity (Wildman–Crippen MR) is 115 cm³/mol. The van der Waals surface area contributed by atoms with Crippen molar-refractivity contribution in [3.8, 4) is 17.2 Å². The Morgan fingerprint density at radius 1 is 1.03 bits per heavy atom. The molecule has 0 bridgehead atoms. The molecule has 2 N–H and O–H groups in total. The lowest BCUT2D eigenvalue weighted by Gasteiger charge is -2.09. The number of benzene rings is 2. The summed E-state index contributed by atoms with van der Waals surface area (Å²) in [7, 11) is 0. The molecule has 0 unspecified atom stereocenters. The molecule has 2 heterocycles. The molecule has 1 amide bonds. The Bertz CT molecular complexity index is 1220. The summed E-state index contributed by atoms with van der Waals surface area (Å²) < 4.78 is 46.4. The van der Waals surface area contributed by atoms with Crippen molar-refractivity contribution >= 4 is 45.8 Å². The smallest absolute Gasteiger partial charge is 0.406 e. The van der Waals surface area contributed by atoms with Crippen molar-refractivity contribution in [2.45, 2.75) is 10.7 Å². The van der Waals surface area contributed by atoms with Crippen LogP contribution in [0.4, 0.5) is 30.0 Å². The fourth-order valence-electron chi connectivity index (χ4n) is 2.44. The van der Waals surface area contributed by atoms with E-state index in [9.17, 15) is 18.0 Å². The second kappa shape index (κ2) is 9.87. The van der Waals surface area contributed by atoms with E-state index in [0.717, 1.165) is 17.3 Å². The Labute approximate surface area is 192 Å². The summed E-state index contributed by atoms with van der Waals surface area (Å²) >= 11 is 2.33. The van der Waals surface area contributed by atoms with Crippen molar-refractivity contribution in [1.82, 2.24) is 20.4 Å². The van der Waals surface area contributed by atoms with Gasteiger partial charge in [0.25, 0.3) is 0 Å². The van der Waals surface area contributed by atoms with Crippen molar-refractivity contribution in [1.29, 1.82) is 0 Å². The number of hydrogen-bond acceptors (Lipinski definition) is 10. The predicted octanol–water partition coefficient (Wildman–Crippen LogP) is 4.96. The first-order chi connectivity index (χ1) is 15.8. The summed E-state index contributed by atoms with van der Waals surface area (Å²) in [6, 6.07) is 14.3. The fraction of sp³-hybridized carbons (Fsp3) is 0.105. The molecule has 0 aliphatic heterocycles. The minimum Gasteiger partial charge on any atom is -0.406 e. The van der Waals surface area contributed by atoms with E-state index in [1.807, 2.05) is 18.2 Å². The number of carbonyl (C=O) groups excluding carboxylic acids is 1. The van der Waals surface area contributed by atoms with E-state index in [1.54, 1.807) is 12.1 Å². The normalized spacial score (nSPS) is 11.2. The topological polar surface area (TPSA) is 115 Å². The highest BCUT2D eigenvalue weighted by molar-refractivity contribution is 8.01. The van der Waals surface area contributed by atoms with E-state index in [4.69, 9.17) is 4.42 Å². The highest BCUT2D eigenvalue weighted by Gasteiger charge is 2.30. The van der Waals surface area contributed by atoms with Crippen molar-refractivity contribution in [2.75, 3.05) is 16.4 Å². The number of halogens is 3. The molecule has 0 aliphatic rings. The van der Waals surface area contributed by atoms with Gasteiger partial charge >= 0.3 is 12.4 Å². The number of rotatable bonds is 8. The van der Waals surface area contributed by atoms with Gasteiger partial charge in [-0.1, -0.05) is 46.4 Å². The van der Waals surface area contributed by atoms with Crippen LogP contribution in [0.15, 0.2) is 63.4 Å². The van der Waals surface area contributed by atoms with Gasteiger partial charge in [-0.15, -0.1) is 28.5 Å². The van der Waals surface area contributed by atoms with Crippen LogP contribution in [0.25, 0.3) is 11.5 Å². The molecule has 14 heteroatoms. The Morgan fingerprint density at radius 3 is 2.52 bits per heavy atom. The first-order valence-electron chi connectivity index (χ1n) is 9.12. The van der Waals surface area contributed by atoms with E-state index in [2.05, 4.69) is 35.8 Å². The lowest BCUT2D eigenvalue weighted by Crippen LogP contribution is -2.16. The molecule has 0 saturated carbocycles. The first-order valence-corrected chi connectivity index (χ1v) is 10.9. The van der Waals surface area contributed by atoms with Crippen LogP contribution in [0.5, 0.6) is 5.75 Å². The molecular weight excluding hydrogens is 481 g/mol. The average molecular weight is 494 g/mol. The molecule has 0 atom stereocenters. The van der Waals surface area contributed by atoms with Crippen LogP contribution >= 0.6 is 23.1 Å². The van der Waals surface area contributed by atoms with Gasteiger partial charge in [-0.3, -0.25) is 10.1 Å². The molecule has 0 radical (unpaired) electrons. The lowest BCUT2D eigenvalue weighted by atomic mass is 10.2. The molecule has 0 spiro atoms. The maximum absolute atomic E-state index is 12.2. The van der Waals surface area contributed by atoms with Crippen LogP contribution in [0, 0.1) is 0 Å². The van der Waals surface area contributed by atoms with E-state index in [-0.39, 0.29) is 29.3 Å². The summed E-state index contributed by atoms with van der Waals surface area (Å²) in [6.07, 6.45) is -4.75. The third-order valence-corrected chi connectivity index (χ3v) is 5.74. The second-order valence-electron chi connectivity index (χ2n) is 6.19. The summed E-state index contributed by atoms with van der Waals surface area (Å²) in [5.74, 6) is -0.379. The monoisotopic (exact) mass is 494 g/mol. The number of ether oxygens (including phenoxy) is 1. The molecule has 9 nitrogen and oxygen atoms in total. The first kappa shape index (κ1) is 22.5. The summed E-state index contributed by atoms with van der Waals surface area (Å²) in [5, 5.41) is 21.5. The highest BCUT2D eigenvalue weighted by Crippen LogP contribution is 2.29. The quantitative estimate of drug-likeness (QED) is 0.328. The Balaban J connectivity index is 1.26. The molecule has 4 rings (SSSR count). The number of carbonyl (C=O) groups is 1. The van der Waals surface area contributed by atoms with Gasteiger partial charge < -0.3 is 14.5 Å². The summed E-state index contributed by atoms with van der Waals surface area (Å²) in [6.45, 7) is 0. The molecule has 0 fully saturated rings. The Kier molecular flexibility index (Phi) is 6.74. The summed E-state index contributed by atoms with van der Waals surface area (Å²) in [5.41, 5.74) is 1.23. The van der Waals surface area contributed by atoms with Gasteiger partial charge in [0.15, 0.2) is 4.34 Å². The van der Waals surface area contributed by atoms with Gasteiger partial charge in [0.1, 0.15) is 5.75 Å². The number of amides is 1. The van der Waals surface area contributed by atoms with E-state index >= 15 is 0 Å². The fourth-order valence-corrected chi connectivity index (χ4v) is 4.01. The van der Waals surface area contributed by atoms with Gasteiger partial charge in [-0.2, -0.15) is 0 Å². The number of anilines is 3. The molecule has 4 aromatic rings. The second-order valence-corrected chi connectivity index (χ2v) is 8.39. The maximum atomic E-state index is 12.2. The standard InChI is InChI=1S/C19H13F3N6O3S2/c20-19(21,22)31-13-8-6-12(7-9-13)23-17-27-28-18(33-17)32-10-14(29)24-16-26-25-15(30-16)11-4-2-1-3-5-11/h1-9H,10H2,(H,23,27)(H,24,26,29). The number of alkyl halides is 3. The largest absolute Gasteiger partial charge is 0.573 e. The third-order valence-electron chi connectivity index (χ3n) is 3.76. The van der Waals surface area contributed by atoms with Gasteiger partial charge in [0.2, 0.25) is 16.9 Å². The van der Waals surface area contributed by atoms with Crippen molar-refractivity contribution in [2.24, 2.45) is 0 Å². The zero-order valence-corrected chi connectivity index (χ0v) is 18.0. The van der Waals surface area contributed by atoms with E-state index < -0.39 is 6.36 Å². The lowest BCUT2D eigenvalue weighted by molar-refractivity contribution is -0.274. The van der Waals surface area contributed by atoms with Gasteiger partial charge in [0, 0.05) is 11.3 Å². The number of nitrogens with zero attached hydrogens (tertiary/aromatic N) is 4. The zero-order valence-electron chi connectivity index (χ0n) is 16.4. The number of hydrogen-bond donors (Lipinski definition) is 2. The van der Waals surface area contributed by atoms with Crippen LogP contribution in [0.2, 0.25) is 0 Å². The molecule has 2 aromatic heterocycles. The van der Waals surface area contributed by atoms with E-state index in [0.29, 0.717) is 15.2 Å². The van der Waals surface area contributed by atoms with Crippen LogP contribution in [-0.2, 0) is 4.79 Å². The van der Waals surface area contributed by atoms with Crippen molar-refractivity contribution in [3.05, 3.63) is 54.6 Å². The van der Waals surface area contributed by atoms with Crippen molar-refractivity contribution in [3.63, 3.8) is 0 Å². The molecule has 0 saturated heterocycles. The average Bonchev–Trinajstić information content (AvgIpc) is 3.43. The molecule has 33 heavy (non-hydrogen) atoms. The SMILES string of the molecule is O=C(CSc1nnc(Nc2ccc(OC(F)(F)F)cc2)s1)Nc1nnc(-c2ccccc2)o1. The number of nitrogens with one attached hydrogen (secondary N) is 2. The van der Waals surface area contributed by atoms with Crippen LogP contribution in [-0.4, -0.2) is 38.4 Å². The minimum atomic E-state index is -4.75. The van der Waals surface area contributed by atoms with Gasteiger partial charge in [0.05, 0.1) is 5.75 Å². The Morgan fingerprint density at radius 2 is 1.79 bits per heavy atom. The Hall–Kier alpha value is -3.65. The minimum absolute atomic E-state index is 0.0166. The van der Waals surface area contributed by atoms with Gasteiger partial charge in [-0.05, 0) is 36.4 Å². The third kappa shape index (κ3) is 6.66. The van der Waals surface area contributed by atoms with Gasteiger partial charge in [-0.25, -0.2) is 0 Å². The maximum Gasteiger partial charge on any atom is 0.573 e.